The van der Waals surface area contributed by atoms with Gasteiger partial charge in [0.25, 0.3) is 5.91 Å². The van der Waals surface area contributed by atoms with Gasteiger partial charge in [-0.05, 0) is 26.0 Å². The van der Waals surface area contributed by atoms with Crippen LogP contribution in [0.1, 0.15) is 35.0 Å². The van der Waals surface area contributed by atoms with Crippen molar-refractivity contribution in [1.82, 2.24) is 4.90 Å². The van der Waals surface area contributed by atoms with E-state index in [0.29, 0.717) is 0 Å². The van der Waals surface area contributed by atoms with Gasteiger partial charge in [-0.1, -0.05) is 0 Å². The Morgan fingerprint density at radius 2 is 1.88 bits per heavy atom. The molecular weight excluding hydrogens is 226 g/mol. The molecule has 17 heavy (non-hydrogen) atoms. The number of aromatic carboxylic acids is 1. The van der Waals surface area contributed by atoms with Gasteiger partial charge in [0.05, 0.1) is 12.1 Å². The molecule has 0 radical (unpaired) electrons. The number of carbonyl (C=O) groups excluding carboxylic acids is 1. The quantitative estimate of drug-likeness (QED) is 0.814. The lowest BCUT2D eigenvalue weighted by atomic mass is 10.1. The van der Waals surface area contributed by atoms with Crippen LogP contribution in [0.15, 0.2) is 16.5 Å². The topological polar surface area (TPSA) is 91.0 Å². The van der Waals surface area contributed by atoms with Gasteiger partial charge >= 0.3 is 5.97 Å². The number of aliphatic hydroxyl groups excluding tert-OH is 1. The zero-order chi connectivity index (χ0) is 13.2. The lowest BCUT2D eigenvalue weighted by Gasteiger charge is -2.33. The average molecular weight is 241 g/mol. The third-order valence-corrected chi connectivity index (χ3v) is 2.63. The smallest absolute Gasteiger partial charge is 0.371 e. The summed E-state index contributed by atoms with van der Waals surface area (Å²) in [5, 5.41) is 17.8. The molecule has 6 nitrogen and oxygen atoms in total. The number of hydrogen-bond donors (Lipinski definition) is 2. The molecule has 1 aromatic heterocycles. The number of carboxylic acids is 1. The van der Waals surface area contributed by atoms with Crippen LogP contribution in [0, 0.1) is 0 Å². The van der Waals surface area contributed by atoms with Crippen LogP contribution in [0.4, 0.5) is 0 Å². The lowest BCUT2D eigenvalue weighted by molar-refractivity contribution is 0.0440. The fourth-order valence-electron chi connectivity index (χ4n) is 1.11. The SMILES string of the molecule is CN(C(=O)c1ccc(C(=O)O)o1)C(C)(C)CO. The molecule has 1 rings (SSSR count). The second-order valence-corrected chi connectivity index (χ2v) is 4.30. The molecule has 0 aliphatic carbocycles. The normalized spacial score (nSPS) is 11.3. The van der Waals surface area contributed by atoms with Crippen LogP contribution in [0.3, 0.4) is 0 Å². The van der Waals surface area contributed by atoms with E-state index < -0.39 is 17.4 Å². The first-order chi connectivity index (χ1) is 7.79. The molecule has 0 aliphatic rings. The van der Waals surface area contributed by atoms with Gasteiger partial charge in [0.2, 0.25) is 5.76 Å². The van der Waals surface area contributed by atoms with E-state index in [4.69, 9.17) is 14.6 Å². The predicted molar refractivity (Wildman–Crippen MR) is 58.9 cm³/mol. The Hall–Kier alpha value is -1.82. The molecule has 0 aliphatic heterocycles. The number of carbonyl (C=O) groups is 2. The molecule has 0 atom stereocenters. The van der Waals surface area contributed by atoms with Gasteiger partial charge in [-0.25, -0.2) is 4.79 Å². The highest BCUT2D eigenvalue weighted by Gasteiger charge is 2.29. The van der Waals surface area contributed by atoms with Crippen molar-refractivity contribution in [1.29, 1.82) is 0 Å². The molecule has 0 saturated heterocycles. The van der Waals surface area contributed by atoms with E-state index in [2.05, 4.69) is 0 Å². The summed E-state index contributed by atoms with van der Waals surface area (Å²) in [7, 11) is 1.52. The highest BCUT2D eigenvalue weighted by Crippen LogP contribution is 2.17. The molecule has 1 aromatic rings. The summed E-state index contributed by atoms with van der Waals surface area (Å²) in [5.74, 6) is -2.06. The van der Waals surface area contributed by atoms with Crippen molar-refractivity contribution in [3.63, 3.8) is 0 Å². The van der Waals surface area contributed by atoms with Crippen molar-refractivity contribution in [2.75, 3.05) is 13.7 Å². The Labute approximate surface area is 98.5 Å². The van der Waals surface area contributed by atoms with E-state index >= 15 is 0 Å². The molecule has 6 heteroatoms. The van der Waals surface area contributed by atoms with E-state index in [1.807, 2.05) is 0 Å². The van der Waals surface area contributed by atoms with Gasteiger partial charge in [0.15, 0.2) is 5.76 Å². The van der Waals surface area contributed by atoms with Crippen LogP contribution in [-0.4, -0.2) is 46.2 Å². The number of hydrogen-bond acceptors (Lipinski definition) is 4. The van der Waals surface area contributed by atoms with Crippen molar-refractivity contribution in [3.8, 4) is 0 Å². The standard InChI is InChI=1S/C11H15NO5/c1-11(2,6-13)12(3)9(14)7-4-5-8(17-7)10(15)16/h4-5,13H,6H2,1-3H3,(H,15,16). The van der Waals surface area contributed by atoms with Gasteiger partial charge in [0, 0.05) is 7.05 Å². The van der Waals surface area contributed by atoms with Crippen molar-refractivity contribution in [3.05, 3.63) is 23.7 Å². The number of furan rings is 1. The first kappa shape index (κ1) is 13.2. The lowest BCUT2D eigenvalue weighted by Crippen LogP contribution is -2.47. The minimum absolute atomic E-state index is 0.0635. The number of aliphatic hydroxyl groups is 1. The van der Waals surface area contributed by atoms with Crippen LogP contribution >= 0.6 is 0 Å². The first-order valence-corrected chi connectivity index (χ1v) is 5.01. The van der Waals surface area contributed by atoms with E-state index in [1.54, 1.807) is 13.8 Å². The van der Waals surface area contributed by atoms with Gasteiger partial charge in [-0.3, -0.25) is 4.79 Å². The second kappa shape index (κ2) is 4.58. The molecule has 0 bridgehead atoms. The summed E-state index contributed by atoms with van der Waals surface area (Å²) in [6.45, 7) is 3.17. The highest BCUT2D eigenvalue weighted by molar-refractivity contribution is 5.93. The minimum Gasteiger partial charge on any atom is -0.475 e. The molecule has 1 heterocycles. The van der Waals surface area contributed by atoms with Crippen molar-refractivity contribution < 1.29 is 24.2 Å². The third-order valence-electron chi connectivity index (χ3n) is 2.63. The van der Waals surface area contributed by atoms with Crippen LogP contribution in [0.25, 0.3) is 0 Å². The molecule has 94 valence electrons. The maximum absolute atomic E-state index is 11.9. The largest absolute Gasteiger partial charge is 0.475 e. The molecule has 0 spiro atoms. The molecule has 0 saturated carbocycles. The Bertz CT molecular complexity index is 435. The van der Waals surface area contributed by atoms with Crippen LogP contribution in [0.2, 0.25) is 0 Å². The number of nitrogens with zero attached hydrogens (tertiary/aromatic N) is 1. The molecule has 0 aromatic carbocycles. The summed E-state index contributed by atoms with van der Waals surface area (Å²) in [6.07, 6.45) is 0. The Morgan fingerprint density at radius 3 is 2.29 bits per heavy atom. The molecule has 0 unspecified atom stereocenters. The zero-order valence-corrected chi connectivity index (χ0v) is 9.93. The monoisotopic (exact) mass is 241 g/mol. The van der Waals surface area contributed by atoms with Crippen LogP contribution in [0.5, 0.6) is 0 Å². The highest BCUT2D eigenvalue weighted by atomic mass is 16.4. The predicted octanol–water partition coefficient (Wildman–Crippen LogP) is 0.821. The number of carboxylic acid groups (broad SMARTS) is 1. The Balaban J connectivity index is 2.93. The van der Waals surface area contributed by atoms with Gasteiger partial charge in [-0.2, -0.15) is 0 Å². The molecular formula is C11H15NO5. The van der Waals surface area contributed by atoms with Gasteiger partial charge in [0.1, 0.15) is 0 Å². The first-order valence-electron chi connectivity index (χ1n) is 5.01. The van der Waals surface area contributed by atoms with Gasteiger partial charge in [-0.15, -0.1) is 0 Å². The summed E-state index contributed by atoms with van der Waals surface area (Å²) >= 11 is 0. The van der Waals surface area contributed by atoms with Crippen molar-refractivity contribution in [2.45, 2.75) is 19.4 Å². The van der Waals surface area contributed by atoms with Crippen molar-refractivity contribution in [2.24, 2.45) is 0 Å². The fraction of sp³-hybridized carbons (Fsp3) is 0.455. The molecule has 2 N–H and O–H groups in total. The van der Waals surface area contributed by atoms with Crippen LogP contribution < -0.4 is 0 Å². The second-order valence-electron chi connectivity index (χ2n) is 4.30. The fourth-order valence-corrected chi connectivity index (χ4v) is 1.11. The van der Waals surface area contributed by atoms with Crippen molar-refractivity contribution >= 4 is 11.9 Å². The molecule has 0 fully saturated rings. The number of amides is 1. The zero-order valence-electron chi connectivity index (χ0n) is 9.93. The Kier molecular flexibility index (Phi) is 3.57. The Morgan fingerprint density at radius 1 is 1.35 bits per heavy atom. The maximum Gasteiger partial charge on any atom is 0.371 e. The van der Waals surface area contributed by atoms with E-state index in [0.717, 1.165) is 0 Å². The number of rotatable bonds is 4. The van der Waals surface area contributed by atoms with Gasteiger partial charge < -0.3 is 19.5 Å². The average Bonchev–Trinajstić information content (AvgIpc) is 2.76. The minimum atomic E-state index is -1.23. The van der Waals surface area contributed by atoms with Crippen LogP contribution in [-0.2, 0) is 0 Å². The van der Waals surface area contributed by atoms with E-state index in [1.165, 1.54) is 24.1 Å². The summed E-state index contributed by atoms with van der Waals surface area (Å²) in [5.41, 5.74) is -0.743. The summed E-state index contributed by atoms with van der Waals surface area (Å²) in [6, 6.07) is 2.52. The molecule has 1 amide bonds. The van der Waals surface area contributed by atoms with E-state index in [9.17, 15) is 9.59 Å². The van der Waals surface area contributed by atoms with E-state index in [-0.39, 0.29) is 18.1 Å². The number of likely N-dealkylation sites (N-methyl/N-ethyl adjacent to an activating group) is 1. The summed E-state index contributed by atoms with van der Waals surface area (Å²) < 4.78 is 4.90. The third kappa shape index (κ3) is 2.65. The maximum atomic E-state index is 11.9. The summed E-state index contributed by atoms with van der Waals surface area (Å²) in [4.78, 5) is 23.8.